The van der Waals surface area contributed by atoms with E-state index in [1.165, 1.54) is 0 Å². The van der Waals surface area contributed by atoms with Crippen molar-refractivity contribution in [3.05, 3.63) is 71.0 Å². The van der Waals surface area contributed by atoms with E-state index < -0.39 is 23.5 Å². The van der Waals surface area contributed by atoms with E-state index in [9.17, 15) is 22.8 Å². The predicted molar refractivity (Wildman–Crippen MR) is 117 cm³/mol. The second-order valence-corrected chi connectivity index (χ2v) is 9.08. The van der Waals surface area contributed by atoms with Crippen LogP contribution in [0, 0.1) is 23.4 Å². The van der Waals surface area contributed by atoms with Crippen molar-refractivity contribution in [2.24, 2.45) is 11.7 Å². The number of fused-ring (bicyclic) bond motifs is 2. The van der Waals surface area contributed by atoms with Crippen molar-refractivity contribution in [2.45, 2.75) is 63.2 Å². The summed E-state index contributed by atoms with van der Waals surface area (Å²) in [6, 6.07) is 10.4. The lowest BCUT2D eigenvalue weighted by Crippen LogP contribution is -2.51. The normalized spacial score (nSPS) is 22.8. The van der Waals surface area contributed by atoms with Crippen LogP contribution in [0.3, 0.4) is 0 Å². The zero-order chi connectivity index (χ0) is 23.5. The van der Waals surface area contributed by atoms with Gasteiger partial charge in [-0.1, -0.05) is 30.3 Å². The third-order valence-corrected chi connectivity index (χ3v) is 6.85. The van der Waals surface area contributed by atoms with Crippen LogP contribution < -0.4 is 11.1 Å². The third kappa shape index (κ3) is 5.38. The lowest BCUT2D eigenvalue weighted by molar-refractivity contribution is -0.140. The van der Waals surface area contributed by atoms with Gasteiger partial charge in [-0.3, -0.25) is 9.59 Å². The molecule has 3 unspecified atom stereocenters. The van der Waals surface area contributed by atoms with Crippen molar-refractivity contribution >= 4 is 11.8 Å². The Morgan fingerprint density at radius 1 is 1.00 bits per heavy atom. The first-order valence-corrected chi connectivity index (χ1v) is 11.3. The summed E-state index contributed by atoms with van der Waals surface area (Å²) in [6.07, 6.45) is 2.88. The Labute approximate surface area is 191 Å². The summed E-state index contributed by atoms with van der Waals surface area (Å²) in [5.74, 6) is -3.58. The number of hydrogen-bond donors (Lipinski definition) is 2. The fourth-order valence-corrected chi connectivity index (χ4v) is 5.20. The van der Waals surface area contributed by atoms with Gasteiger partial charge < -0.3 is 16.0 Å². The van der Waals surface area contributed by atoms with Crippen molar-refractivity contribution in [3.63, 3.8) is 0 Å². The van der Waals surface area contributed by atoms with E-state index in [1.807, 2.05) is 35.2 Å². The number of nitrogens with two attached hydrogens (primary N) is 1. The molecule has 2 aliphatic rings. The molecule has 2 saturated heterocycles. The van der Waals surface area contributed by atoms with Crippen LogP contribution in [0.25, 0.3) is 0 Å². The van der Waals surface area contributed by atoms with Crippen LogP contribution in [0.2, 0.25) is 0 Å². The summed E-state index contributed by atoms with van der Waals surface area (Å²) in [7, 11) is 0. The van der Waals surface area contributed by atoms with Gasteiger partial charge in [0, 0.05) is 30.7 Å². The molecule has 0 radical (unpaired) electrons. The van der Waals surface area contributed by atoms with Crippen LogP contribution in [-0.2, 0) is 22.6 Å². The van der Waals surface area contributed by atoms with Crippen molar-refractivity contribution in [1.29, 1.82) is 0 Å². The number of benzene rings is 2. The van der Waals surface area contributed by atoms with E-state index in [2.05, 4.69) is 5.32 Å². The van der Waals surface area contributed by atoms with Crippen LogP contribution in [0.15, 0.2) is 42.5 Å². The Hall–Kier alpha value is -2.87. The first-order chi connectivity index (χ1) is 15.8. The molecule has 3 N–H and O–H groups in total. The zero-order valence-corrected chi connectivity index (χ0v) is 18.3. The molecule has 3 atom stereocenters. The molecule has 0 aromatic heterocycles. The summed E-state index contributed by atoms with van der Waals surface area (Å²) in [4.78, 5) is 27.0. The fourth-order valence-electron chi connectivity index (χ4n) is 5.20. The topological polar surface area (TPSA) is 75.4 Å². The third-order valence-electron chi connectivity index (χ3n) is 6.85. The van der Waals surface area contributed by atoms with E-state index in [1.54, 1.807) is 0 Å². The van der Waals surface area contributed by atoms with Gasteiger partial charge in [0.2, 0.25) is 11.8 Å². The molecule has 8 heteroatoms. The van der Waals surface area contributed by atoms with Gasteiger partial charge in [0.15, 0.2) is 11.6 Å². The summed E-state index contributed by atoms with van der Waals surface area (Å²) in [5.41, 5.74) is 7.36. The van der Waals surface area contributed by atoms with Gasteiger partial charge in [-0.15, -0.1) is 0 Å². The largest absolute Gasteiger partial charge is 0.352 e. The number of nitrogens with one attached hydrogen (secondary N) is 1. The number of hydrogen-bond acceptors (Lipinski definition) is 3. The molecular formula is C25H28F3N3O2. The summed E-state index contributed by atoms with van der Waals surface area (Å²) >= 11 is 0. The average molecular weight is 460 g/mol. The quantitative estimate of drug-likeness (QED) is 0.492. The standard InChI is InChI=1S/C25H28F3N3O2/c26-20-12-22(28)21(27)10-16(20)11-23(29)17-8-18-6-7-19(9-17)31(18)25(33)13-24(32)30-14-15-4-2-1-3-5-15/h1-5,10,12,17-19,23H,6-9,11,13-14,29H2,(H,30,32). The van der Waals surface area contributed by atoms with Crippen LogP contribution >= 0.6 is 0 Å². The molecule has 2 heterocycles. The Bertz CT molecular complexity index is 1000. The average Bonchev–Trinajstić information content (AvgIpc) is 3.06. The fraction of sp³-hybridized carbons (Fsp3) is 0.440. The second kappa shape index (κ2) is 9.95. The molecule has 2 aromatic rings. The summed E-state index contributed by atoms with van der Waals surface area (Å²) in [5, 5.41) is 2.79. The molecule has 0 spiro atoms. The van der Waals surface area contributed by atoms with E-state index >= 15 is 0 Å². The molecule has 2 aliphatic heterocycles. The molecule has 33 heavy (non-hydrogen) atoms. The SMILES string of the molecule is NC(Cc1cc(F)c(F)cc1F)C1CC2CCC(C1)N2C(=O)CC(=O)NCc1ccccc1. The van der Waals surface area contributed by atoms with E-state index in [0.717, 1.165) is 24.5 Å². The highest BCUT2D eigenvalue weighted by Gasteiger charge is 2.44. The minimum absolute atomic E-state index is 0.0102. The van der Waals surface area contributed by atoms with Crippen LogP contribution in [0.1, 0.15) is 43.2 Å². The maximum Gasteiger partial charge on any atom is 0.232 e. The number of piperidine rings is 1. The molecule has 0 aliphatic carbocycles. The number of rotatable bonds is 7. The van der Waals surface area contributed by atoms with E-state index in [0.29, 0.717) is 25.5 Å². The molecule has 5 nitrogen and oxygen atoms in total. The van der Waals surface area contributed by atoms with Crippen LogP contribution in [0.5, 0.6) is 0 Å². The molecule has 2 fully saturated rings. The van der Waals surface area contributed by atoms with Gasteiger partial charge in [-0.2, -0.15) is 0 Å². The Balaban J connectivity index is 1.31. The lowest BCUT2D eigenvalue weighted by Gasteiger charge is -2.41. The molecule has 2 bridgehead atoms. The predicted octanol–water partition coefficient (Wildman–Crippen LogP) is 3.45. The molecule has 2 aromatic carbocycles. The first kappa shape index (κ1) is 23.3. The van der Waals surface area contributed by atoms with Gasteiger partial charge in [0.1, 0.15) is 12.2 Å². The first-order valence-electron chi connectivity index (χ1n) is 11.3. The maximum atomic E-state index is 14.0. The number of carbonyl (C=O) groups excluding carboxylic acids is 2. The number of halogens is 3. The van der Waals surface area contributed by atoms with Crippen molar-refractivity contribution in [1.82, 2.24) is 10.2 Å². The minimum Gasteiger partial charge on any atom is -0.352 e. The van der Waals surface area contributed by atoms with Crippen molar-refractivity contribution in [2.75, 3.05) is 0 Å². The van der Waals surface area contributed by atoms with Crippen molar-refractivity contribution < 1.29 is 22.8 Å². The Morgan fingerprint density at radius 3 is 2.30 bits per heavy atom. The van der Waals surface area contributed by atoms with Crippen LogP contribution in [0.4, 0.5) is 13.2 Å². The van der Waals surface area contributed by atoms with Gasteiger partial charge in [0.05, 0.1) is 0 Å². The van der Waals surface area contributed by atoms with Crippen molar-refractivity contribution in [3.8, 4) is 0 Å². The molecule has 2 amide bonds. The highest BCUT2D eigenvalue weighted by atomic mass is 19.2. The Morgan fingerprint density at radius 2 is 1.64 bits per heavy atom. The highest BCUT2D eigenvalue weighted by Crippen LogP contribution is 2.40. The molecule has 4 rings (SSSR count). The summed E-state index contributed by atoms with van der Waals surface area (Å²) < 4.78 is 40.7. The zero-order valence-electron chi connectivity index (χ0n) is 18.3. The molecule has 0 saturated carbocycles. The van der Waals surface area contributed by atoms with Gasteiger partial charge in [-0.05, 0) is 55.2 Å². The molecular weight excluding hydrogens is 431 g/mol. The van der Waals surface area contributed by atoms with Gasteiger partial charge in [0.25, 0.3) is 0 Å². The highest BCUT2D eigenvalue weighted by molar-refractivity contribution is 5.97. The lowest BCUT2D eigenvalue weighted by atomic mass is 9.82. The summed E-state index contributed by atoms with van der Waals surface area (Å²) in [6.45, 7) is 0.372. The van der Waals surface area contributed by atoms with E-state index in [4.69, 9.17) is 5.73 Å². The minimum atomic E-state index is -1.22. The smallest absolute Gasteiger partial charge is 0.232 e. The van der Waals surface area contributed by atoms with E-state index in [-0.39, 0.29) is 48.2 Å². The molecule has 176 valence electrons. The number of carbonyl (C=O) groups is 2. The number of nitrogens with zero attached hydrogens (tertiary/aromatic N) is 1. The van der Waals surface area contributed by atoms with Gasteiger partial charge >= 0.3 is 0 Å². The Kier molecular flexibility index (Phi) is 7.02. The monoisotopic (exact) mass is 459 g/mol. The van der Waals surface area contributed by atoms with Gasteiger partial charge in [-0.25, -0.2) is 13.2 Å². The van der Waals surface area contributed by atoms with Crippen LogP contribution in [-0.4, -0.2) is 34.8 Å². The maximum absolute atomic E-state index is 14.0. The second-order valence-electron chi connectivity index (χ2n) is 9.08. The number of amides is 2.